The lowest BCUT2D eigenvalue weighted by Gasteiger charge is -2.29. The molecule has 0 aromatic heterocycles. The SMILES string of the molecule is Cc1cc(C(=O)NC2CCN(C)CC2)ccc1Br. The molecule has 0 unspecified atom stereocenters. The fourth-order valence-corrected chi connectivity index (χ4v) is 2.45. The minimum absolute atomic E-state index is 0.0418. The first-order valence-corrected chi connectivity index (χ1v) is 7.11. The number of hydrogen-bond donors (Lipinski definition) is 1. The zero-order chi connectivity index (χ0) is 13.1. The van der Waals surface area contributed by atoms with Crippen molar-refractivity contribution in [2.45, 2.75) is 25.8 Å². The molecule has 0 atom stereocenters. The van der Waals surface area contributed by atoms with Crippen LogP contribution in [0, 0.1) is 6.92 Å². The fourth-order valence-electron chi connectivity index (χ4n) is 2.21. The maximum absolute atomic E-state index is 12.1. The maximum atomic E-state index is 12.1. The zero-order valence-corrected chi connectivity index (χ0v) is 12.5. The van der Waals surface area contributed by atoms with Crippen molar-refractivity contribution in [2.24, 2.45) is 0 Å². The minimum Gasteiger partial charge on any atom is -0.349 e. The van der Waals surface area contributed by atoms with Gasteiger partial charge in [-0.1, -0.05) is 15.9 Å². The lowest BCUT2D eigenvalue weighted by Crippen LogP contribution is -2.43. The molecule has 0 bridgehead atoms. The van der Waals surface area contributed by atoms with Crippen LogP contribution in [0.1, 0.15) is 28.8 Å². The van der Waals surface area contributed by atoms with E-state index in [-0.39, 0.29) is 5.91 Å². The maximum Gasteiger partial charge on any atom is 0.251 e. The van der Waals surface area contributed by atoms with Gasteiger partial charge in [-0.05, 0) is 63.7 Å². The third kappa shape index (κ3) is 3.33. The van der Waals surface area contributed by atoms with E-state index in [0.29, 0.717) is 6.04 Å². The van der Waals surface area contributed by atoms with E-state index >= 15 is 0 Å². The molecule has 18 heavy (non-hydrogen) atoms. The summed E-state index contributed by atoms with van der Waals surface area (Å²) in [6, 6.07) is 6.03. The summed E-state index contributed by atoms with van der Waals surface area (Å²) < 4.78 is 1.04. The van der Waals surface area contributed by atoms with E-state index in [1.165, 1.54) is 0 Å². The quantitative estimate of drug-likeness (QED) is 0.910. The Kier molecular flexibility index (Phi) is 4.40. The van der Waals surface area contributed by atoms with Crippen molar-refractivity contribution in [3.63, 3.8) is 0 Å². The minimum atomic E-state index is 0.0418. The average Bonchev–Trinajstić information content (AvgIpc) is 2.35. The second-order valence-corrected chi connectivity index (χ2v) is 5.87. The topological polar surface area (TPSA) is 32.3 Å². The van der Waals surface area contributed by atoms with E-state index in [1.54, 1.807) is 0 Å². The molecule has 1 amide bonds. The lowest BCUT2D eigenvalue weighted by atomic mass is 10.0. The summed E-state index contributed by atoms with van der Waals surface area (Å²) in [6.07, 6.45) is 2.08. The molecule has 1 saturated heterocycles. The van der Waals surface area contributed by atoms with Crippen molar-refractivity contribution in [3.8, 4) is 0 Å². The molecule has 1 aromatic carbocycles. The Morgan fingerprint density at radius 2 is 2.06 bits per heavy atom. The van der Waals surface area contributed by atoms with E-state index in [4.69, 9.17) is 0 Å². The molecular weight excluding hydrogens is 292 g/mol. The average molecular weight is 311 g/mol. The van der Waals surface area contributed by atoms with Crippen LogP contribution in [0.15, 0.2) is 22.7 Å². The van der Waals surface area contributed by atoms with Gasteiger partial charge in [0.1, 0.15) is 0 Å². The number of amides is 1. The van der Waals surface area contributed by atoms with Gasteiger partial charge in [-0.2, -0.15) is 0 Å². The number of hydrogen-bond acceptors (Lipinski definition) is 2. The van der Waals surface area contributed by atoms with E-state index in [9.17, 15) is 4.79 Å². The van der Waals surface area contributed by atoms with Crippen molar-refractivity contribution in [3.05, 3.63) is 33.8 Å². The molecule has 2 rings (SSSR count). The first-order valence-electron chi connectivity index (χ1n) is 6.32. The molecule has 0 radical (unpaired) electrons. The van der Waals surface area contributed by atoms with Crippen molar-refractivity contribution in [1.29, 1.82) is 0 Å². The molecule has 1 heterocycles. The van der Waals surface area contributed by atoms with Crippen molar-refractivity contribution < 1.29 is 4.79 Å². The summed E-state index contributed by atoms with van der Waals surface area (Å²) in [5.41, 5.74) is 1.83. The van der Waals surface area contributed by atoms with Crippen molar-refractivity contribution >= 4 is 21.8 Å². The summed E-state index contributed by atoms with van der Waals surface area (Å²) in [5, 5.41) is 3.12. The number of likely N-dealkylation sites (tertiary alicyclic amines) is 1. The lowest BCUT2D eigenvalue weighted by molar-refractivity contribution is 0.0917. The van der Waals surface area contributed by atoms with E-state index in [2.05, 4.69) is 33.2 Å². The number of aryl methyl sites for hydroxylation is 1. The van der Waals surface area contributed by atoms with Crippen LogP contribution in [0.5, 0.6) is 0 Å². The molecule has 1 fully saturated rings. The molecule has 1 aliphatic rings. The Morgan fingerprint density at radius 1 is 1.39 bits per heavy atom. The largest absolute Gasteiger partial charge is 0.349 e. The number of carbonyl (C=O) groups is 1. The van der Waals surface area contributed by atoms with Crippen LogP contribution >= 0.6 is 15.9 Å². The Hall–Kier alpha value is -0.870. The molecule has 0 aliphatic carbocycles. The van der Waals surface area contributed by atoms with Gasteiger partial charge in [0, 0.05) is 16.1 Å². The van der Waals surface area contributed by atoms with Crippen molar-refractivity contribution in [2.75, 3.05) is 20.1 Å². The van der Waals surface area contributed by atoms with Crippen molar-refractivity contribution in [1.82, 2.24) is 10.2 Å². The Labute approximate surface area is 117 Å². The zero-order valence-electron chi connectivity index (χ0n) is 10.9. The molecule has 0 saturated carbocycles. The van der Waals surface area contributed by atoms with Gasteiger partial charge < -0.3 is 10.2 Å². The van der Waals surface area contributed by atoms with Crippen LogP contribution in [0.2, 0.25) is 0 Å². The van der Waals surface area contributed by atoms with Gasteiger partial charge in [-0.3, -0.25) is 4.79 Å². The molecule has 98 valence electrons. The predicted octanol–water partition coefficient (Wildman–Crippen LogP) is 2.58. The second-order valence-electron chi connectivity index (χ2n) is 5.01. The first-order chi connectivity index (χ1) is 8.56. The van der Waals surface area contributed by atoms with E-state index < -0.39 is 0 Å². The van der Waals surface area contributed by atoms with Crippen LogP contribution < -0.4 is 5.32 Å². The summed E-state index contributed by atoms with van der Waals surface area (Å²) in [4.78, 5) is 14.4. The van der Waals surface area contributed by atoms with Gasteiger partial charge in [0.2, 0.25) is 0 Å². The predicted molar refractivity (Wildman–Crippen MR) is 76.9 cm³/mol. The van der Waals surface area contributed by atoms with E-state index in [1.807, 2.05) is 25.1 Å². The van der Waals surface area contributed by atoms with Crippen LogP contribution in [0.4, 0.5) is 0 Å². The Balaban J connectivity index is 1.97. The number of halogens is 1. The second kappa shape index (κ2) is 5.85. The van der Waals surface area contributed by atoms with Gasteiger partial charge in [0.15, 0.2) is 0 Å². The number of nitrogens with one attached hydrogen (secondary N) is 1. The molecule has 1 N–H and O–H groups in total. The normalized spacial score (nSPS) is 17.7. The Morgan fingerprint density at radius 3 is 2.67 bits per heavy atom. The summed E-state index contributed by atoms with van der Waals surface area (Å²) in [5.74, 6) is 0.0418. The number of piperidine rings is 1. The number of nitrogens with zero attached hydrogens (tertiary/aromatic N) is 1. The van der Waals surface area contributed by atoms with E-state index in [0.717, 1.165) is 41.5 Å². The van der Waals surface area contributed by atoms with Crippen LogP contribution in [-0.2, 0) is 0 Å². The number of benzene rings is 1. The highest BCUT2D eigenvalue weighted by Gasteiger charge is 2.19. The van der Waals surface area contributed by atoms with Gasteiger partial charge >= 0.3 is 0 Å². The summed E-state index contributed by atoms with van der Waals surface area (Å²) in [6.45, 7) is 4.12. The Bertz CT molecular complexity index is 439. The van der Waals surface area contributed by atoms with Gasteiger partial charge in [-0.15, -0.1) is 0 Å². The highest BCUT2D eigenvalue weighted by atomic mass is 79.9. The number of rotatable bonds is 2. The molecular formula is C14H19BrN2O. The highest BCUT2D eigenvalue weighted by molar-refractivity contribution is 9.10. The smallest absolute Gasteiger partial charge is 0.251 e. The van der Waals surface area contributed by atoms with Crippen LogP contribution in [0.3, 0.4) is 0 Å². The third-order valence-corrected chi connectivity index (χ3v) is 4.36. The summed E-state index contributed by atoms with van der Waals surface area (Å²) >= 11 is 3.45. The van der Waals surface area contributed by atoms with Gasteiger partial charge in [-0.25, -0.2) is 0 Å². The molecule has 1 aromatic rings. The monoisotopic (exact) mass is 310 g/mol. The molecule has 3 nitrogen and oxygen atoms in total. The summed E-state index contributed by atoms with van der Waals surface area (Å²) in [7, 11) is 2.12. The standard InChI is InChI=1S/C14H19BrN2O/c1-10-9-11(3-4-13(10)15)14(18)16-12-5-7-17(2)8-6-12/h3-4,9,12H,5-8H2,1-2H3,(H,16,18). The van der Waals surface area contributed by atoms with Gasteiger partial charge in [0.05, 0.1) is 0 Å². The molecule has 4 heteroatoms. The number of carbonyl (C=O) groups excluding carboxylic acids is 1. The first kappa shape index (κ1) is 13.6. The fraction of sp³-hybridized carbons (Fsp3) is 0.500. The third-order valence-electron chi connectivity index (χ3n) is 3.47. The molecule has 1 aliphatic heterocycles. The van der Waals surface area contributed by atoms with Gasteiger partial charge in [0.25, 0.3) is 5.91 Å². The molecule has 0 spiro atoms. The van der Waals surface area contributed by atoms with Crippen LogP contribution in [0.25, 0.3) is 0 Å². The highest BCUT2D eigenvalue weighted by Crippen LogP contribution is 2.17. The van der Waals surface area contributed by atoms with Crippen LogP contribution in [-0.4, -0.2) is 37.0 Å².